The third kappa shape index (κ3) is 3.45. The molecule has 0 aliphatic rings. The summed E-state index contributed by atoms with van der Waals surface area (Å²) < 4.78 is 0. The lowest BCUT2D eigenvalue weighted by atomic mass is 10.1. The van der Waals surface area contributed by atoms with E-state index < -0.39 is 11.0 Å². The molecule has 1 aromatic carbocycles. The molecule has 1 aromatic heterocycles. The number of amides is 1. The summed E-state index contributed by atoms with van der Waals surface area (Å²) in [6.45, 7) is 0. The number of nitro groups is 1. The highest BCUT2D eigenvalue weighted by molar-refractivity contribution is 5.85. The minimum Gasteiger partial charge on any atom is -0.465 e. The molecule has 0 unspecified atom stereocenters. The smallest absolute Gasteiger partial charge is 0.411 e. The molecule has 1 N–H and O–H groups in total. The van der Waals surface area contributed by atoms with Crippen LogP contribution in [0.3, 0.4) is 0 Å². The first-order valence-electron chi connectivity index (χ1n) is 6.33. The van der Waals surface area contributed by atoms with Crippen LogP contribution < -0.4 is 4.90 Å². The second-order valence-electron chi connectivity index (χ2n) is 4.44. The molecular formula is C15H13N3O4. The SMILES string of the molecule is CN(C(=O)O)c1ccc(/C=C/c2cccnc2[N+](=O)[O-])cc1. The van der Waals surface area contributed by atoms with Crippen molar-refractivity contribution >= 4 is 29.8 Å². The Morgan fingerprint density at radius 3 is 2.55 bits per heavy atom. The monoisotopic (exact) mass is 299 g/mol. The van der Waals surface area contributed by atoms with Gasteiger partial charge < -0.3 is 15.2 Å². The molecule has 1 amide bonds. The van der Waals surface area contributed by atoms with Gasteiger partial charge in [-0.15, -0.1) is 0 Å². The summed E-state index contributed by atoms with van der Waals surface area (Å²) in [5, 5.41) is 19.7. The van der Waals surface area contributed by atoms with Crippen LogP contribution in [0.25, 0.3) is 12.2 Å². The van der Waals surface area contributed by atoms with Crippen molar-refractivity contribution in [3.63, 3.8) is 0 Å². The average molecular weight is 299 g/mol. The van der Waals surface area contributed by atoms with Crippen molar-refractivity contribution in [2.45, 2.75) is 0 Å². The van der Waals surface area contributed by atoms with Gasteiger partial charge >= 0.3 is 11.9 Å². The number of hydrogen-bond acceptors (Lipinski definition) is 4. The van der Waals surface area contributed by atoms with E-state index in [1.807, 2.05) is 0 Å². The highest BCUT2D eigenvalue weighted by Crippen LogP contribution is 2.19. The van der Waals surface area contributed by atoms with Crippen molar-refractivity contribution in [1.29, 1.82) is 0 Å². The first-order valence-corrected chi connectivity index (χ1v) is 6.33. The number of hydrogen-bond donors (Lipinski definition) is 1. The summed E-state index contributed by atoms with van der Waals surface area (Å²) in [6.07, 6.45) is 3.62. The van der Waals surface area contributed by atoms with Crippen molar-refractivity contribution in [3.05, 3.63) is 63.8 Å². The first-order chi connectivity index (χ1) is 10.5. The number of rotatable bonds is 4. The maximum atomic E-state index is 10.9. The van der Waals surface area contributed by atoms with Crippen molar-refractivity contribution < 1.29 is 14.8 Å². The molecule has 2 rings (SSSR count). The molecule has 0 aliphatic heterocycles. The van der Waals surface area contributed by atoms with E-state index in [2.05, 4.69) is 4.98 Å². The number of carbonyl (C=O) groups is 1. The van der Waals surface area contributed by atoms with E-state index >= 15 is 0 Å². The number of anilines is 1. The van der Waals surface area contributed by atoms with Gasteiger partial charge in [0.25, 0.3) is 0 Å². The molecule has 2 aromatic rings. The second-order valence-corrected chi connectivity index (χ2v) is 4.44. The van der Waals surface area contributed by atoms with Gasteiger partial charge in [-0.2, -0.15) is 0 Å². The van der Waals surface area contributed by atoms with E-state index in [-0.39, 0.29) is 5.82 Å². The Morgan fingerprint density at radius 2 is 1.95 bits per heavy atom. The minimum atomic E-state index is -1.05. The Hall–Kier alpha value is -3.22. The molecule has 22 heavy (non-hydrogen) atoms. The lowest BCUT2D eigenvalue weighted by Gasteiger charge is -2.12. The van der Waals surface area contributed by atoms with Gasteiger partial charge in [-0.05, 0) is 45.8 Å². The molecule has 0 radical (unpaired) electrons. The van der Waals surface area contributed by atoms with Crippen LogP contribution in [0.15, 0.2) is 42.6 Å². The van der Waals surface area contributed by atoms with Crippen LogP contribution in [0.4, 0.5) is 16.3 Å². The molecular weight excluding hydrogens is 286 g/mol. The van der Waals surface area contributed by atoms with Gasteiger partial charge in [0.1, 0.15) is 6.20 Å². The number of benzene rings is 1. The van der Waals surface area contributed by atoms with E-state index in [0.717, 1.165) is 10.5 Å². The maximum absolute atomic E-state index is 10.9. The molecule has 0 saturated carbocycles. The largest absolute Gasteiger partial charge is 0.465 e. The molecule has 0 bridgehead atoms. The normalized spacial score (nSPS) is 10.6. The third-order valence-electron chi connectivity index (χ3n) is 3.01. The summed E-state index contributed by atoms with van der Waals surface area (Å²) in [6, 6.07) is 10.0. The average Bonchev–Trinajstić information content (AvgIpc) is 2.52. The van der Waals surface area contributed by atoms with E-state index in [1.54, 1.807) is 48.6 Å². The van der Waals surface area contributed by atoms with Gasteiger partial charge in [-0.25, -0.2) is 4.79 Å². The minimum absolute atomic E-state index is 0.207. The van der Waals surface area contributed by atoms with Crippen molar-refractivity contribution in [2.24, 2.45) is 0 Å². The molecule has 0 atom stereocenters. The van der Waals surface area contributed by atoms with E-state index in [1.165, 1.54) is 13.2 Å². The number of aromatic nitrogens is 1. The van der Waals surface area contributed by atoms with Crippen molar-refractivity contribution in [1.82, 2.24) is 4.98 Å². The lowest BCUT2D eigenvalue weighted by molar-refractivity contribution is -0.389. The predicted molar refractivity (Wildman–Crippen MR) is 82.7 cm³/mol. The fourth-order valence-electron chi connectivity index (χ4n) is 1.80. The third-order valence-corrected chi connectivity index (χ3v) is 3.01. The van der Waals surface area contributed by atoms with Crippen LogP contribution in [0.5, 0.6) is 0 Å². The molecule has 1 heterocycles. The molecule has 112 valence electrons. The quantitative estimate of drug-likeness (QED) is 0.690. The second kappa shape index (κ2) is 6.49. The topological polar surface area (TPSA) is 96.6 Å². The molecule has 7 heteroatoms. The van der Waals surface area contributed by atoms with Crippen LogP contribution in [-0.2, 0) is 0 Å². The van der Waals surface area contributed by atoms with E-state index in [4.69, 9.17) is 5.11 Å². The van der Waals surface area contributed by atoms with Crippen LogP contribution in [0, 0.1) is 10.1 Å². The number of pyridine rings is 1. The Morgan fingerprint density at radius 1 is 1.27 bits per heavy atom. The number of nitrogens with zero attached hydrogens (tertiary/aromatic N) is 3. The van der Waals surface area contributed by atoms with Gasteiger partial charge in [-0.1, -0.05) is 18.2 Å². The highest BCUT2D eigenvalue weighted by Gasteiger charge is 2.11. The summed E-state index contributed by atoms with van der Waals surface area (Å²) >= 11 is 0. The van der Waals surface area contributed by atoms with Crippen LogP contribution in [0.1, 0.15) is 11.1 Å². The Kier molecular flexibility index (Phi) is 4.47. The Labute approximate surface area is 126 Å². The van der Waals surface area contributed by atoms with E-state index in [0.29, 0.717) is 11.3 Å². The number of carboxylic acid groups (broad SMARTS) is 1. The van der Waals surface area contributed by atoms with Gasteiger partial charge in [0, 0.05) is 12.7 Å². The highest BCUT2D eigenvalue weighted by atomic mass is 16.6. The van der Waals surface area contributed by atoms with Gasteiger partial charge in [0.2, 0.25) is 0 Å². The maximum Gasteiger partial charge on any atom is 0.411 e. The standard InChI is InChI=1S/C15H13N3O4/c1-17(15(19)20)13-8-5-11(6-9-13)4-7-12-3-2-10-16-14(12)18(21)22/h2-10H,1H3,(H,19,20)/b7-4+. The Balaban J connectivity index is 2.21. The zero-order valence-corrected chi connectivity index (χ0v) is 11.7. The summed E-state index contributed by atoms with van der Waals surface area (Å²) in [4.78, 5) is 26.0. The molecule has 0 saturated heterocycles. The van der Waals surface area contributed by atoms with Crippen LogP contribution in [0.2, 0.25) is 0 Å². The summed E-state index contributed by atoms with van der Waals surface area (Å²) in [7, 11) is 1.45. The zero-order chi connectivity index (χ0) is 16.1. The fourth-order valence-corrected chi connectivity index (χ4v) is 1.80. The van der Waals surface area contributed by atoms with Gasteiger partial charge in [-0.3, -0.25) is 4.90 Å². The molecule has 0 fully saturated rings. The van der Waals surface area contributed by atoms with Gasteiger partial charge in [0.05, 0.1) is 5.56 Å². The predicted octanol–water partition coefficient (Wildman–Crippen LogP) is 3.27. The summed E-state index contributed by atoms with van der Waals surface area (Å²) in [5.74, 6) is -0.207. The van der Waals surface area contributed by atoms with Gasteiger partial charge in [0.15, 0.2) is 0 Å². The van der Waals surface area contributed by atoms with Crippen LogP contribution in [-0.4, -0.2) is 28.2 Å². The van der Waals surface area contributed by atoms with Crippen molar-refractivity contribution in [2.75, 3.05) is 11.9 Å². The fraction of sp³-hybridized carbons (Fsp3) is 0.0667. The van der Waals surface area contributed by atoms with Crippen molar-refractivity contribution in [3.8, 4) is 0 Å². The lowest BCUT2D eigenvalue weighted by Crippen LogP contribution is -2.23. The van der Waals surface area contributed by atoms with E-state index in [9.17, 15) is 14.9 Å². The Bertz CT molecular complexity index is 726. The molecule has 0 spiro atoms. The molecule has 7 nitrogen and oxygen atoms in total. The van der Waals surface area contributed by atoms with Crippen LogP contribution >= 0.6 is 0 Å². The first kappa shape index (κ1) is 15.2. The zero-order valence-electron chi connectivity index (χ0n) is 11.7. The summed E-state index contributed by atoms with van der Waals surface area (Å²) in [5.41, 5.74) is 1.73. The molecule has 0 aliphatic carbocycles.